The Kier molecular flexibility index (Phi) is 13.5. The van der Waals surface area contributed by atoms with E-state index >= 15 is 0 Å². The van der Waals surface area contributed by atoms with Gasteiger partial charge in [0.25, 0.3) is 11.7 Å². The number of ketones is 1. The van der Waals surface area contributed by atoms with Gasteiger partial charge < -0.3 is 54.7 Å². The summed E-state index contributed by atoms with van der Waals surface area (Å²) in [5.74, 6) is -8.44. The lowest BCUT2D eigenvalue weighted by Crippen LogP contribution is -2.46. The van der Waals surface area contributed by atoms with E-state index in [2.05, 4.69) is 15.3 Å². The molecule has 9 atom stereocenters. The van der Waals surface area contributed by atoms with Crippen LogP contribution < -0.4 is 10.1 Å². The average Bonchev–Trinajstić information content (AvgIpc) is 3.43. The van der Waals surface area contributed by atoms with Crippen molar-refractivity contribution in [1.29, 1.82) is 0 Å². The zero-order chi connectivity index (χ0) is 42.8. The molecule has 2 aromatic rings. The van der Waals surface area contributed by atoms with Crippen LogP contribution in [0, 0.1) is 23.7 Å². The van der Waals surface area contributed by atoms with Gasteiger partial charge in [-0.2, -0.15) is 5.10 Å². The van der Waals surface area contributed by atoms with E-state index < -0.39 is 88.8 Å². The van der Waals surface area contributed by atoms with Crippen molar-refractivity contribution in [1.82, 2.24) is 9.91 Å². The lowest BCUT2D eigenvalue weighted by Gasteiger charge is -2.38. The number of fused-ring (bicyclic) bond motifs is 14. The summed E-state index contributed by atoms with van der Waals surface area (Å²) in [5.41, 5.74) is -0.430. The first-order valence-corrected chi connectivity index (χ1v) is 19.4. The zero-order valence-electron chi connectivity index (χ0n) is 34.4. The van der Waals surface area contributed by atoms with Crippen molar-refractivity contribution in [3.63, 3.8) is 0 Å². The zero-order valence-corrected chi connectivity index (χ0v) is 34.4. The first-order valence-electron chi connectivity index (χ1n) is 19.4. The molecule has 316 valence electrons. The summed E-state index contributed by atoms with van der Waals surface area (Å²) < 4.78 is 23.4. The largest absolute Gasteiger partial charge is 0.507 e. The van der Waals surface area contributed by atoms with Crippen LogP contribution in [-0.2, 0) is 23.8 Å². The molecule has 6 N–H and O–H groups in total. The molecule has 0 radical (unpaired) electrons. The quantitative estimate of drug-likeness (QED) is 0.111. The topological polar surface area (TPSA) is 220 Å². The van der Waals surface area contributed by atoms with Crippen molar-refractivity contribution in [3.05, 3.63) is 53.3 Å². The molecule has 0 unspecified atom stereocenters. The number of hydrazone groups is 1. The minimum Gasteiger partial charge on any atom is -0.507 e. The number of aliphatic hydroxyl groups excluding tert-OH is 2. The van der Waals surface area contributed by atoms with Gasteiger partial charge in [0.05, 0.1) is 53.0 Å². The van der Waals surface area contributed by atoms with Gasteiger partial charge in [0.1, 0.15) is 23.4 Å². The Balaban J connectivity index is 1.68. The van der Waals surface area contributed by atoms with Crippen molar-refractivity contribution < 1.29 is 58.9 Å². The van der Waals surface area contributed by atoms with E-state index in [-0.39, 0.29) is 38.9 Å². The molecule has 1 fully saturated rings. The lowest BCUT2D eigenvalue weighted by molar-refractivity contribution is -0.160. The highest BCUT2D eigenvalue weighted by atomic mass is 16.7. The summed E-state index contributed by atoms with van der Waals surface area (Å²) in [5, 5.41) is 66.2. The third kappa shape index (κ3) is 8.79. The number of piperazine rings is 1. The SMILES string of the molecule is CO[C@@H]1C=CO[C@@]2(C)Oc3cc(O)c4c(O)c(c(C=NN5CCN(C)CC5)c(O)c4c3C2=O)NC(=O)C(C)=CC=C[C@H](C)[C@H](O)[C@@H](C)[C@@H](O)[C@@H](C)[C@H](OC(C)=O)[C@H]1C. The number of phenolic OH excluding ortho intramolecular Hbond substituents is 3. The molecule has 0 aromatic heterocycles. The predicted molar refractivity (Wildman–Crippen MR) is 216 cm³/mol. The second-order valence-corrected chi connectivity index (χ2v) is 15.7. The lowest BCUT2D eigenvalue weighted by atomic mass is 9.78. The van der Waals surface area contributed by atoms with Crippen molar-refractivity contribution in [2.45, 2.75) is 78.7 Å². The average molecular weight is 809 g/mol. The summed E-state index contributed by atoms with van der Waals surface area (Å²) in [4.78, 5) is 42.4. The molecule has 6 rings (SSSR count). The second-order valence-electron chi connectivity index (χ2n) is 15.7. The molecule has 58 heavy (non-hydrogen) atoms. The summed E-state index contributed by atoms with van der Waals surface area (Å²) in [7, 11) is 3.42. The minimum atomic E-state index is -2.03. The Labute approximate surface area is 338 Å². The van der Waals surface area contributed by atoms with Crippen molar-refractivity contribution in [2.75, 3.05) is 45.7 Å². The number of amides is 1. The third-order valence-electron chi connectivity index (χ3n) is 11.5. The summed E-state index contributed by atoms with van der Waals surface area (Å²) in [6.45, 7) is 13.6. The van der Waals surface area contributed by atoms with Crippen LogP contribution in [-0.4, -0.2) is 130 Å². The summed E-state index contributed by atoms with van der Waals surface area (Å²) in [6, 6.07) is 1.11. The molecule has 4 aliphatic rings. The molecular formula is C42H56N4O12. The molecule has 5 bridgehead atoms. The molecule has 0 saturated carbocycles. The molecular weight excluding hydrogens is 752 g/mol. The maximum absolute atomic E-state index is 14.3. The number of hydrogen-bond donors (Lipinski definition) is 6. The molecule has 1 saturated heterocycles. The van der Waals surface area contributed by atoms with Crippen LogP contribution in [0.4, 0.5) is 5.69 Å². The van der Waals surface area contributed by atoms with Gasteiger partial charge in [-0.3, -0.25) is 19.4 Å². The van der Waals surface area contributed by atoms with Gasteiger partial charge in [0, 0.05) is 87.8 Å². The number of carbonyl (C=O) groups excluding carboxylic acids is 3. The number of anilines is 1. The van der Waals surface area contributed by atoms with Crippen molar-refractivity contribution >= 4 is 40.3 Å². The van der Waals surface area contributed by atoms with Crippen molar-refractivity contribution in [2.24, 2.45) is 28.8 Å². The Morgan fingerprint density at radius 1 is 0.983 bits per heavy atom. The van der Waals surface area contributed by atoms with Gasteiger partial charge in [0.15, 0.2) is 5.75 Å². The van der Waals surface area contributed by atoms with Crippen LogP contribution in [0.1, 0.15) is 64.4 Å². The first-order chi connectivity index (χ1) is 27.3. The molecule has 16 heteroatoms. The number of Topliss-reactive ketones (excluding diaryl/α,β-unsaturated/α-hetero) is 1. The van der Waals surface area contributed by atoms with E-state index in [1.165, 1.54) is 52.5 Å². The normalized spacial score (nSPS) is 30.4. The Hall–Kier alpha value is -5.16. The number of allylic oxidation sites excluding steroid dienone is 2. The number of rotatable bonds is 4. The van der Waals surface area contributed by atoms with Gasteiger partial charge in [-0.25, -0.2) is 0 Å². The maximum Gasteiger partial charge on any atom is 0.312 e. The molecule has 4 aliphatic heterocycles. The van der Waals surface area contributed by atoms with Gasteiger partial charge in [-0.1, -0.05) is 45.9 Å². The van der Waals surface area contributed by atoms with Crippen LogP contribution in [0.25, 0.3) is 10.8 Å². The van der Waals surface area contributed by atoms with E-state index in [1.54, 1.807) is 44.9 Å². The summed E-state index contributed by atoms with van der Waals surface area (Å²) >= 11 is 0. The number of likely N-dealkylation sites (N-methyl/N-ethyl adjacent to an activating group) is 1. The van der Waals surface area contributed by atoms with E-state index in [4.69, 9.17) is 18.9 Å². The molecule has 0 aliphatic carbocycles. The van der Waals surface area contributed by atoms with Crippen molar-refractivity contribution in [3.8, 4) is 23.0 Å². The minimum absolute atomic E-state index is 0.136. The predicted octanol–water partition coefficient (Wildman–Crippen LogP) is 4.03. The Morgan fingerprint density at radius 3 is 2.29 bits per heavy atom. The third-order valence-corrected chi connectivity index (χ3v) is 11.5. The van der Waals surface area contributed by atoms with Gasteiger partial charge in [0.2, 0.25) is 0 Å². The highest BCUT2D eigenvalue weighted by Gasteiger charge is 2.49. The van der Waals surface area contributed by atoms with Crippen LogP contribution in [0.2, 0.25) is 0 Å². The van der Waals surface area contributed by atoms with E-state index in [0.29, 0.717) is 13.1 Å². The van der Waals surface area contributed by atoms with Crippen LogP contribution >= 0.6 is 0 Å². The van der Waals surface area contributed by atoms with Crippen LogP contribution in [0.5, 0.6) is 23.0 Å². The number of phenols is 3. The number of aromatic hydroxyl groups is 3. The van der Waals surface area contributed by atoms with E-state index in [1.807, 2.05) is 7.05 Å². The van der Waals surface area contributed by atoms with Gasteiger partial charge in [-0.05, 0) is 20.0 Å². The van der Waals surface area contributed by atoms with E-state index in [0.717, 1.165) is 19.2 Å². The van der Waals surface area contributed by atoms with Crippen LogP contribution in [0.3, 0.4) is 0 Å². The molecule has 16 nitrogen and oxygen atoms in total. The number of carbonyl (C=O) groups is 3. The fourth-order valence-electron chi connectivity index (χ4n) is 7.71. The Morgan fingerprint density at radius 2 is 1.66 bits per heavy atom. The number of benzene rings is 2. The number of nitrogens with one attached hydrogen (secondary N) is 1. The van der Waals surface area contributed by atoms with Gasteiger partial charge >= 0.3 is 11.8 Å². The Bertz CT molecular complexity index is 2020. The number of hydrogen-bond acceptors (Lipinski definition) is 15. The number of ether oxygens (including phenoxy) is 4. The highest BCUT2D eigenvalue weighted by Crippen LogP contribution is 2.53. The highest BCUT2D eigenvalue weighted by molar-refractivity contribution is 6.23. The van der Waals surface area contributed by atoms with E-state index in [9.17, 15) is 39.9 Å². The molecule has 1 amide bonds. The molecule has 2 aromatic carbocycles. The van der Waals surface area contributed by atoms with Crippen LogP contribution in [0.15, 0.2) is 47.3 Å². The molecule has 0 spiro atoms. The van der Waals surface area contributed by atoms with Gasteiger partial charge in [-0.15, -0.1) is 0 Å². The standard InChI is InChI=1S/C42H56N4O12/c1-21-11-10-12-22(2)41(54)44-34-27(20-43-46-16-14-45(8)15-17-46)37(51)33-31(38(34)52)28(48)19-30-32(33)40(53)42(7,58-30)56-18-13-29(55-9)23(3)39(57-26(6)47)25(5)36(50)24(4)35(21)49/h10-13,18-21,23-25,29,35-36,39,48-52H,14-17H2,1-9H3,(H,44,54)/t21-,23-,24+,25+,29+,35-,36+,39+,42-/m0/s1. The molecule has 4 heterocycles. The second kappa shape index (κ2) is 17.8. The number of methoxy groups -OCH3 is 1. The monoisotopic (exact) mass is 808 g/mol. The summed E-state index contributed by atoms with van der Waals surface area (Å²) in [6.07, 6.45) is 4.84. The first kappa shape index (κ1) is 44.0. The maximum atomic E-state index is 14.3. The fourth-order valence-corrected chi connectivity index (χ4v) is 7.71. The number of aliphatic hydroxyl groups is 2. The number of nitrogens with zero attached hydrogens (tertiary/aromatic N) is 3. The number of esters is 1. The smallest absolute Gasteiger partial charge is 0.312 e. The fraction of sp³-hybridized carbons (Fsp3) is 0.524.